The zero-order chi connectivity index (χ0) is 14.7. The number of aromatic nitrogens is 2. The average Bonchev–Trinajstić information content (AvgIpc) is 2.42. The Bertz CT molecular complexity index is 703. The van der Waals surface area contributed by atoms with Crippen molar-refractivity contribution in [1.82, 2.24) is 9.55 Å². The number of rotatable bonds is 3. The van der Waals surface area contributed by atoms with E-state index in [1.807, 2.05) is 12.1 Å². The molecule has 20 heavy (non-hydrogen) atoms. The summed E-state index contributed by atoms with van der Waals surface area (Å²) in [6, 6.07) is 7.15. The van der Waals surface area contributed by atoms with Crippen LogP contribution in [0, 0.1) is 3.57 Å². The van der Waals surface area contributed by atoms with Crippen LogP contribution >= 0.6 is 50.1 Å². The molecule has 1 N–H and O–H groups in total. The van der Waals surface area contributed by atoms with Crippen LogP contribution in [0.5, 0.6) is 0 Å². The number of amides is 1. The fourth-order valence-electron chi connectivity index (χ4n) is 1.44. The zero-order valence-electron chi connectivity index (χ0n) is 9.94. The van der Waals surface area contributed by atoms with E-state index in [1.165, 1.54) is 10.9 Å². The van der Waals surface area contributed by atoms with E-state index in [9.17, 15) is 9.59 Å². The molecule has 1 aromatic carbocycles. The second-order valence-corrected chi connectivity index (χ2v) is 6.19. The molecule has 0 unspecified atom stereocenters. The Kier molecular flexibility index (Phi) is 5.17. The third-order valence-corrected chi connectivity index (χ3v) is 4.49. The molecule has 0 aliphatic heterocycles. The van der Waals surface area contributed by atoms with E-state index in [1.54, 1.807) is 34.7 Å². The van der Waals surface area contributed by atoms with E-state index in [0.29, 0.717) is 9.26 Å². The van der Waals surface area contributed by atoms with Gasteiger partial charge in [-0.25, -0.2) is 4.98 Å². The fraction of sp³-hybridized carbons (Fsp3) is 0.0833. The summed E-state index contributed by atoms with van der Waals surface area (Å²) in [5.74, 6) is -0.311. The second kappa shape index (κ2) is 6.68. The molecular weight excluding hydrogens is 460 g/mol. The normalized spacial score (nSPS) is 10.3. The van der Waals surface area contributed by atoms with Crippen molar-refractivity contribution >= 4 is 61.7 Å². The molecule has 5 nitrogen and oxygen atoms in total. The van der Waals surface area contributed by atoms with E-state index < -0.39 is 0 Å². The highest BCUT2D eigenvalue weighted by molar-refractivity contribution is 14.1. The first kappa shape index (κ1) is 15.5. The number of hydrogen-bond donors (Lipinski definition) is 1. The molecule has 0 bridgehead atoms. The Hall–Kier alpha value is -0.930. The Morgan fingerprint density at radius 1 is 1.40 bits per heavy atom. The number of nitrogens with one attached hydrogen (secondary N) is 1. The van der Waals surface area contributed by atoms with Crippen molar-refractivity contribution in [2.45, 2.75) is 6.54 Å². The monoisotopic (exact) mass is 467 g/mol. The van der Waals surface area contributed by atoms with Gasteiger partial charge >= 0.3 is 0 Å². The summed E-state index contributed by atoms with van der Waals surface area (Å²) in [4.78, 5) is 27.6. The summed E-state index contributed by atoms with van der Waals surface area (Å²) in [7, 11) is 0. The highest BCUT2D eigenvalue weighted by atomic mass is 127. The van der Waals surface area contributed by atoms with Gasteiger partial charge in [0.05, 0.1) is 6.33 Å². The molecule has 0 saturated heterocycles. The molecular formula is C12H8BrClIN3O2. The van der Waals surface area contributed by atoms with Crippen molar-refractivity contribution in [3.63, 3.8) is 0 Å². The van der Waals surface area contributed by atoms with Crippen molar-refractivity contribution in [3.05, 3.63) is 54.1 Å². The minimum atomic E-state index is -0.337. The molecule has 1 heterocycles. The Morgan fingerprint density at radius 3 is 2.70 bits per heavy atom. The quantitative estimate of drug-likeness (QED) is 0.557. The molecule has 8 heteroatoms. The average molecular weight is 468 g/mol. The van der Waals surface area contributed by atoms with Crippen molar-refractivity contribution in [1.29, 1.82) is 0 Å². The van der Waals surface area contributed by atoms with E-state index >= 15 is 0 Å². The number of benzene rings is 1. The molecule has 0 fully saturated rings. The highest BCUT2D eigenvalue weighted by Gasteiger charge is 2.10. The third kappa shape index (κ3) is 3.80. The maximum absolute atomic E-state index is 11.9. The van der Waals surface area contributed by atoms with Gasteiger partial charge < -0.3 is 5.32 Å². The maximum Gasteiger partial charge on any atom is 0.268 e. The van der Waals surface area contributed by atoms with Crippen LogP contribution in [0.25, 0.3) is 0 Å². The summed E-state index contributed by atoms with van der Waals surface area (Å²) in [5, 5.41) is 2.84. The van der Waals surface area contributed by atoms with Gasteiger partial charge in [-0.05, 0) is 46.9 Å². The third-order valence-electron chi connectivity index (χ3n) is 2.38. The Labute approximate surface area is 141 Å². The van der Waals surface area contributed by atoms with Crippen LogP contribution in [-0.2, 0) is 11.3 Å². The Morgan fingerprint density at radius 2 is 2.05 bits per heavy atom. The van der Waals surface area contributed by atoms with Crippen LogP contribution < -0.4 is 10.9 Å². The molecule has 0 radical (unpaired) electrons. The van der Waals surface area contributed by atoms with Crippen molar-refractivity contribution in [3.8, 4) is 0 Å². The number of halogens is 3. The number of nitrogens with zero attached hydrogens (tertiary/aromatic N) is 2. The lowest BCUT2D eigenvalue weighted by molar-refractivity contribution is -0.116. The van der Waals surface area contributed by atoms with Gasteiger partial charge in [-0.3, -0.25) is 14.2 Å². The molecule has 104 valence electrons. The Balaban J connectivity index is 2.11. The van der Waals surface area contributed by atoms with E-state index in [4.69, 9.17) is 11.6 Å². The molecule has 0 saturated carbocycles. The molecule has 0 atom stereocenters. The summed E-state index contributed by atoms with van der Waals surface area (Å²) in [5.41, 5.74) is 0.319. The SMILES string of the molecule is O=C(Cn1cnc(Cl)c(I)c1=O)Nc1ccc(Br)cc1. The molecule has 2 rings (SSSR count). The predicted molar refractivity (Wildman–Crippen MR) is 89.0 cm³/mol. The molecule has 2 aromatic rings. The van der Waals surface area contributed by atoms with Gasteiger partial charge in [0.15, 0.2) is 0 Å². The van der Waals surface area contributed by atoms with E-state index in [0.717, 1.165) is 4.47 Å². The predicted octanol–water partition coefficient (Wildman–Crippen LogP) is 2.90. The van der Waals surface area contributed by atoms with Crippen LogP contribution in [0.4, 0.5) is 5.69 Å². The number of carbonyl (C=O) groups is 1. The molecule has 1 aromatic heterocycles. The van der Waals surface area contributed by atoms with E-state index in [2.05, 4.69) is 26.2 Å². The summed E-state index contributed by atoms with van der Waals surface area (Å²) < 4.78 is 2.42. The van der Waals surface area contributed by atoms with Crippen LogP contribution in [0.2, 0.25) is 5.15 Å². The van der Waals surface area contributed by atoms with E-state index in [-0.39, 0.29) is 23.2 Å². The molecule has 0 aliphatic carbocycles. The first-order valence-corrected chi connectivity index (χ1v) is 7.68. The molecule has 0 spiro atoms. The topological polar surface area (TPSA) is 64.0 Å². The standard InChI is InChI=1S/C12H8BrClIN3O2/c13-7-1-3-8(4-2-7)17-9(19)5-18-6-16-11(14)10(15)12(18)20/h1-4,6H,5H2,(H,17,19). The number of anilines is 1. The summed E-state index contributed by atoms with van der Waals surface area (Å²) in [6.45, 7) is -0.116. The number of hydrogen-bond acceptors (Lipinski definition) is 3. The summed E-state index contributed by atoms with van der Waals surface area (Å²) in [6.07, 6.45) is 1.26. The smallest absolute Gasteiger partial charge is 0.268 e. The van der Waals surface area contributed by atoms with Crippen molar-refractivity contribution in [2.75, 3.05) is 5.32 Å². The second-order valence-electron chi connectivity index (χ2n) is 3.84. The lowest BCUT2D eigenvalue weighted by atomic mass is 10.3. The van der Waals surface area contributed by atoms with Gasteiger partial charge in [0.1, 0.15) is 15.3 Å². The largest absolute Gasteiger partial charge is 0.325 e. The summed E-state index contributed by atoms with van der Waals surface area (Å²) >= 11 is 10.8. The van der Waals surface area contributed by atoms with Gasteiger partial charge in [-0.2, -0.15) is 0 Å². The zero-order valence-corrected chi connectivity index (χ0v) is 14.4. The first-order chi connectivity index (χ1) is 9.47. The fourth-order valence-corrected chi connectivity index (χ4v) is 2.28. The van der Waals surface area contributed by atoms with Crippen LogP contribution in [-0.4, -0.2) is 15.5 Å². The van der Waals surface area contributed by atoms with Crippen molar-refractivity contribution < 1.29 is 4.79 Å². The first-order valence-electron chi connectivity index (χ1n) is 5.43. The van der Waals surface area contributed by atoms with Gasteiger partial charge in [0.2, 0.25) is 5.91 Å². The van der Waals surface area contributed by atoms with Crippen LogP contribution in [0.15, 0.2) is 39.9 Å². The van der Waals surface area contributed by atoms with Crippen LogP contribution in [0.3, 0.4) is 0 Å². The van der Waals surface area contributed by atoms with Gasteiger partial charge in [0, 0.05) is 10.2 Å². The lowest BCUT2D eigenvalue weighted by Gasteiger charge is -2.07. The minimum absolute atomic E-state index is 0.116. The minimum Gasteiger partial charge on any atom is -0.325 e. The highest BCUT2D eigenvalue weighted by Crippen LogP contribution is 2.14. The van der Waals surface area contributed by atoms with Gasteiger partial charge in [-0.15, -0.1) is 0 Å². The molecule has 0 aliphatic rings. The van der Waals surface area contributed by atoms with Crippen LogP contribution in [0.1, 0.15) is 0 Å². The maximum atomic E-state index is 11.9. The molecule has 1 amide bonds. The lowest BCUT2D eigenvalue weighted by Crippen LogP contribution is -2.29. The van der Waals surface area contributed by atoms with Crippen molar-refractivity contribution in [2.24, 2.45) is 0 Å². The number of carbonyl (C=O) groups excluding carboxylic acids is 1. The van der Waals surface area contributed by atoms with Gasteiger partial charge in [-0.1, -0.05) is 27.5 Å². The van der Waals surface area contributed by atoms with Gasteiger partial charge in [0.25, 0.3) is 5.56 Å².